The van der Waals surface area contributed by atoms with E-state index in [2.05, 4.69) is 4.98 Å². The summed E-state index contributed by atoms with van der Waals surface area (Å²) in [6.45, 7) is 0. The standard InChI is InChI=1S/C11H8ClN3O2/c1-16-9-3-2-6(12)4-7(9)11-15-8(5-13)10(14)17-11/h2-4H,14H2,1H3. The molecule has 0 spiro atoms. The fourth-order valence-corrected chi connectivity index (χ4v) is 1.55. The van der Waals surface area contributed by atoms with Gasteiger partial charge in [-0.3, -0.25) is 0 Å². The first-order valence-electron chi connectivity index (χ1n) is 4.66. The zero-order chi connectivity index (χ0) is 12.4. The third kappa shape index (κ3) is 2.03. The quantitative estimate of drug-likeness (QED) is 0.884. The number of oxazole rings is 1. The van der Waals surface area contributed by atoms with Crippen molar-refractivity contribution in [2.75, 3.05) is 12.8 Å². The molecule has 1 aromatic carbocycles. The zero-order valence-corrected chi connectivity index (χ0v) is 9.65. The number of methoxy groups -OCH3 is 1. The largest absolute Gasteiger partial charge is 0.496 e. The Labute approximate surface area is 102 Å². The third-order valence-electron chi connectivity index (χ3n) is 2.15. The number of anilines is 1. The van der Waals surface area contributed by atoms with E-state index in [4.69, 9.17) is 31.8 Å². The smallest absolute Gasteiger partial charge is 0.233 e. The molecule has 2 N–H and O–H groups in total. The second-order valence-electron chi connectivity index (χ2n) is 3.19. The third-order valence-corrected chi connectivity index (χ3v) is 2.39. The summed E-state index contributed by atoms with van der Waals surface area (Å²) in [5, 5.41) is 9.26. The van der Waals surface area contributed by atoms with Crippen molar-refractivity contribution < 1.29 is 9.15 Å². The first-order chi connectivity index (χ1) is 8.15. The SMILES string of the molecule is COc1ccc(Cl)cc1-c1nc(C#N)c(N)o1. The first-order valence-corrected chi connectivity index (χ1v) is 5.04. The second kappa shape index (κ2) is 4.36. The van der Waals surface area contributed by atoms with Gasteiger partial charge in [0.2, 0.25) is 17.5 Å². The lowest BCUT2D eigenvalue weighted by atomic mass is 10.2. The number of nitrogens with two attached hydrogens (primary N) is 1. The highest BCUT2D eigenvalue weighted by molar-refractivity contribution is 6.30. The average molecular weight is 250 g/mol. The molecule has 0 aliphatic heterocycles. The highest BCUT2D eigenvalue weighted by atomic mass is 35.5. The molecular formula is C11H8ClN3O2. The van der Waals surface area contributed by atoms with Crippen LogP contribution in [0.15, 0.2) is 22.6 Å². The van der Waals surface area contributed by atoms with E-state index >= 15 is 0 Å². The van der Waals surface area contributed by atoms with Crippen LogP contribution in [-0.2, 0) is 0 Å². The van der Waals surface area contributed by atoms with Gasteiger partial charge >= 0.3 is 0 Å². The van der Waals surface area contributed by atoms with E-state index in [1.165, 1.54) is 7.11 Å². The Morgan fingerprint density at radius 2 is 2.29 bits per heavy atom. The molecule has 2 aromatic rings. The minimum Gasteiger partial charge on any atom is -0.496 e. The van der Waals surface area contributed by atoms with Gasteiger partial charge in [0.05, 0.1) is 12.7 Å². The summed E-state index contributed by atoms with van der Waals surface area (Å²) in [6, 6.07) is 6.83. The van der Waals surface area contributed by atoms with Crippen LogP contribution in [-0.4, -0.2) is 12.1 Å². The van der Waals surface area contributed by atoms with Crippen LogP contribution in [0, 0.1) is 11.3 Å². The lowest BCUT2D eigenvalue weighted by Crippen LogP contribution is -1.88. The van der Waals surface area contributed by atoms with Crippen LogP contribution < -0.4 is 10.5 Å². The van der Waals surface area contributed by atoms with Crippen molar-refractivity contribution >= 4 is 17.5 Å². The Morgan fingerprint density at radius 3 is 2.88 bits per heavy atom. The van der Waals surface area contributed by atoms with Gasteiger partial charge in [-0.1, -0.05) is 11.6 Å². The second-order valence-corrected chi connectivity index (χ2v) is 3.62. The number of hydrogen-bond acceptors (Lipinski definition) is 5. The van der Waals surface area contributed by atoms with E-state index in [1.54, 1.807) is 18.2 Å². The Morgan fingerprint density at radius 1 is 1.53 bits per heavy atom. The number of nitriles is 1. The molecule has 0 saturated heterocycles. The van der Waals surface area contributed by atoms with Crippen molar-refractivity contribution in [2.45, 2.75) is 0 Å². The number of rotatable bonds is 2. The molecule has 17 heavy (non-hydrogen) atoms. The molecule has 0 atom stereocenters. The molecule has 5 nitrogen and oxygen atoms in total. The summed E-state index contributed by atoms with van der Waals surface area (Å²) in [4.78, 5) is 3.96. The van der Waals surface area contributed by atoms with E-state index < -0.39 is 0 Å². The van der Waals surface area contributed by atoms with Crippen molar-refractivity contribution in [3.63, 3.8) is 0 Å². The van der Waals surface area contributed by atoms with Gasteiger partial charge in [-0.05, 0) is 18.2 Å². The van der Waals surface area contributed by atoms with Crippen molar-refractivity contribution in [3.8, 4) is 23.3 Å². The predicted molar refractivity (Wildman–Crippen MR) is 62.6 cm³/mol. The van der Waals surface area contributed by atoms with Gasteiger partial charge in [-0.2, -0.15) is 10.2 Å². The van der Waals surface area contributed by atoms with Gasteiger partial charge in [0.15, 0.2) is 0 Å². The van der Waals surface area contributed by atoms with Crippen molar-refractivity contribution in [2.24, 2.45) is 0 Å². The molecule has 2 rings (SSSR count). The lowest BCUT2D eigenvalue weighted by molar-refractivity contribution is 0.414. The number of hydrogen-bond donors (Lipinski definition) is 1. The molecule has 1 heterocycles. The number of benzene rings is 1. The number of aromatic nitrogens is 1. The minimum absolute atomic E-state index is 0.0236. The molecule has 1 aromatic heterocycles. The summed E-state index contributed by atoms with van der Waals surface area (Å²) in [7, 11) is 1.52. The molecule has 0 fully saturated rings. The molecule has 0 bridgehead atoms. The molecular weight excluding hydrogens is 242 g/mol. The van der Waals surface area contributed by atoms with Gasteiger partial charge in [-0.25, -0.2) is 0 Å². The van der Waals surface area contributed by atoms with Gasteiger partial charge in [-0.15, -0.1) is 0 Å². The predicted octanol–water partition coefficient (Wildman–Crippen LogP) is 2.46. The highest BCUT2D eigenvalue weighted by Gasteiger charge is 2.15. The summed E-state index contributed by atoms with van der Waals surface area (Å²) in [5.41, 5.74) is 6.09. The van der Waals surface area contributed by atoms with E-state index in [1.807, 2.05) is 6.07 Å². The molecule has 0 aliphatic carbocycles. The number of nitrogens with zero attached hydrogens (tertiary/aromatic N) is 2. The van der Waals surface area contributed by atoms with E-state index in [9.17, 15) is 0 Å². The Bertz CT molecular complexity index is 601. The number of ether oxygens (including phenoxy) is 1. The van der Waals surface area contributed by atoms with Crippen molar-refractivity contribution in [1.29, 1.82) is 5.26 Å². The van der Waals surface area contributed by atoms with Crippen molar-refractivity contribution in [1.82, 2.24) is 4.98 Å². The minimum atomic E-state index is -0.0236. The highest BCUT2D eigenvalue weighted by Crippen LogP contribution is 2.33. The lowest BCUT2D eigenvalue weighted by Gasteiger charge is -2.04. The molecule has 6 heteroatoms. The maximum atomic E-state index is 8.75. The molecule has 0 aliphatic rings. The van der Waals surface area contributed by atoms with Gasteiger partial charge in [0.25, 0.3) is 0 Å². The monoisotopic (exact) mass is 249 g/mol. The van der Waals surface area contributed by atoms with Crippen LogP contribution in [0.5, 0.6) is 5.75 Å². The number of halogens is 1. The molecule has 0 saturated carbocycles. The molecule has 0 radical (unpaired) electrons. The van der Waals surface area contributed by atoms with Crippen LogP contribution in [0.25, 0.3) is 11.5 Å². The Hall–Kier alpha value is -2.19. The molecule has 0 amide bonds. The topological polar surface area (TPSA) is 85.1 Å². The van der Waals surface area contributed by atoms with Crippen LogP contribution in [0.1, 0.15) is 5.69 Å². The van der Waals surface area contributed by atoms with Gasteiger partial charge in [0, 0.05) is 5.02 Å². The normalized spacial score (nSPS) is 9.94. The summed E-state index contributed by atoms with van der Waals surface area (Å²) >= 11 is 5.88. The van der Waals surface area contributed by atoms with Crippen LogP contribution in [0.2, 0.25) is 5.02 Å². The summed E-state index contributed by atoms with van der Waals surface area (Å²) < 4.78 is 10.3. The molecule has 86 valence electrons. The van der Waals surface area contributed by atoms with Gasteiger partial charge in [0.1, 0.15) is 11.8 Å². The summed E-state index contributed by atoms with van der Waals surface area (Å²) in [6.07, 6.45) is 0. The fourth-order valence-electron chi connectivity index (χ4n) is 1.37. The fraction of sp³-hybridized carbons (Fsp3) is 0.0909. The van der Waals surface area contributed by atoms with E-state index in [0.717, 1.165) is 0 Å². The zero-order valence-electron chi connectivity index (χ0n) is 8.90. The number of nitrogen functional groups attached to an aromatic ring is 1. The Balaban J connectivity index is 2.59. The maximum Gasteiger partial charge on any atom is 0.233 e. The Kier molecular flexibility index (Phi) is 2.90. The van der Waals surface area contributed by atoms with Crippen molar-refractivity contribution in [3.05, 3.63) is 28.9 Å². The first kappa shape index (κ1) is 11.3. The van der Waals surface area contributed by atoms with Crippen LogP contribution >= 0.6 is 11.6 Å². The van der Waals surface area contributed by atoms with Crippen LogP contribution in [0.4, 0.5) is 5.88 Å². The molecule has 0 unspecified atom stereocenters. The van der Waals surface area contributed by atoms with E-state index in [-0.39, 0.29) is 17.5 Å². The van der Waals surface area contributed by atoms with Gasteiger partial charge < -0.3 is 14.9 Å². The van der Waals surface area contributed by atoms with Crippen LogP contribution in [0.3, 0.4) is 0 Å². The maximum absolute atomic E-state index is 8.75. The summed E-state index contributed by atoms with van der Waals surface area (Å²) in [5.74, 6) is 0.725. The average Bonchev–Trinajstić information content (AvgIpc) is 2.70. The van der Waals surface area contributed by atoms with E-state index in [0.29, 0.717) is 16.3 Å².